The van der Waals surface area contributed by atoms with Gasteiger partial charge in [-0.3, -0.25) is 9.79 Å². The summed E-state index contributed by atoms with van der Waals surface area (Å²) >= 11 is 4.80. The van der Waals surface area contributed by atoms with Crippen LogP contribution >= 0.6 is 27.3 Å². The van der Waals surface area contributed by atoms with E-state index in [0.29, 0.717) is 39.4 Å². The third-order valence-electron chi connectivity index (χ3n) is 7.98. The zero-order chi connectivity index (χ0) is 29.5. The highest BCUT2D eigenvalue weighted by atomic mass is 79.9. The number of rotatable bonds is 8. The molecule has 3 heterocycles. The summed E-state index contributed by atoms with van der Waals surface area (Å²) in [6.45, 7) is 3.87. The summed E-state index contributed by atoms with van der Waals surface area (Å²) in [5.74, 6) is -1.75. The van der Waals surface area contributed by atoms with Crippen molar-refractivity contribution in [3.63, 3.8) is 0 Å². The number of carboxylic acids is 1. The fraction of sp³-hybridized carbons (Fsp3) is 0.481. The third-order valence-corrected chi connectivity index (χ3v) is 11.7. The number of benzene rings is 1. The Balaban J connectivity index is 1.46. The minimum atomic E-state index is -3.66. The van der Waals surface area contributed by atoms with Gasteiger partial charge in [-0.2, -0.15) is 0 Å². The van der Waals surface area contributed by atoms with Gasteiger partial charge in [-0.15, -0.1) is 11.3 Å². The molecule has 2 aliphatic heterocycles. The normalized spacial score (nSPS) is 25.7. The standard InChI is InChI=1S/C27H30BrFN4O6S2/c1-3-39-25(34)20-21(15-6-9-33(10-7-15)41(37,38)17-13-27(2,14-17)26(35)36)31-23(24-30-8-11-40-24)32-22(20)18-5-4-16(29)12-19(18)28/h4-5,8,11-12,15,17,22H,3,6-7,9-10,13-14H2,1-2H3,(H,31,32)(H,35,36)/t17-,22?,27-. The first kappa shape index (κ1) is 29.8. The second-order valence-electron chi connectivity index (χ2n) is 10.7. The number of allylic oxidation sites excluding steroid dienone is 1. The van der Waals surface area contributed by atoms with Gasteiger partial charge in [0.15, 0.2) is 10.8 Å². The SMILES string of the molecule is CCOC(=O)C1=C(C2CCN(S(=O)(=O)[C@H]3C[C@](C)(C(=O)O)C3)CC2)NC(c2nccs2)=NC1c1ccc(F)cc1Br. The minimum Gasteiger partial charge on any atom is -0.481 e. The van der Waals surface area contributed by atoms with Crippen molar-refractivity contribution in [2.24, 2.45) is 16.3 Å². The molecule has 1 atom stereocenters. The lowest BCUT2D eigenvalue weighted by atomic mass is 9.70. The number of hydrogen-bond donors (Lipinski definition) is 2. The molecule has 3 aliphatic rings. The van der Waals surface area contributed by atoms with Gasteiger partial charge in [-0.1, -0.05) is 22.0 Å². The van der Waals surface area contributed by atoms with Crippen LogP contribution in [0, 0.1) is 17.2 Å². The van der Waals surface area contributed by atoms with E-state index < -0.39 is 44.5 Å². The number of esters is 1. The Morgan fingerprint density at radius 3 is 2.59 bits per heavy atom. The predicted molar refractivity (Wildman–Crippen MR) is 154 cm³/mol. The molecule has 41 heavy (non-hydrogen) atoms. The molecule has 220 valence electrons. The first-order chi connectivity index (χ1) is 19.4. The zero-order valence-electron chi connectivity index (χ0n) is 22.5. The number of carbonyl (C=O) groups excluding carboxylic acids is 1. The lowest BCUT2D eigenvalue weighted by Crippen LogP contribution is -2.54. The van der Waals surface area contributed by atoms with Crippen molar-refractivity contribution in [1.82, 2.24) is 14.6 Å². The largest absolute Gasteiger partial charge is 0.481 e. The van der Waals surface area contributed by atoms with E-state index in [0.717, 1.165) is 0 Å². The van der Waals surface area contributed by atoms with E-state index in [2.05, 4.69) is 26.2 Å². The van der Waals surface area contributed by atoms with Crippen LogP contribution in [0.1, 0.15) is 56.1 Å². The number of hydrogen-bond acceptors (Lipinski definition) is 9. The van der Waals surface area contributed by atoms with Crippen LogP contribution in [0.5, 0.6) is 0 Å². The number of aliphatic carboxylic acids is 1. The molecule has 1 unspecified atom stereocenters. The molecule has 2 fully saturated rings. The van der Waals surface area contributed by atoms with E-state index in [1.165, 1.54) is 27.8 Å². The average Bonchev–Trinajstić information content (AvgIpc) is 3.46. The second kappa shape index (κ2) is 11.5. The van der Waals surface area contributed by atoms with Gasteiger partial charge < -0.3 is 15.2 Å². The van der Waals surface area contributed by atoms with Gasteiger partial charge >= 0.3 is 11.9 Å². The average molecular weight is 670 g/mol. The number of carboxylic acid groups (broad SMARTS) is 1. The molecule has 5 rings (SSSR count). The molecule has 0 spiro atoms. The Hall–Kier alpha value is -2.68. The lowest BCUT2D eigenvalue weighted by molar-refractivity contribution is -0.152. The van der Waals surface area contributed by atoms with Crippen LogP contribution < -0.4 is 5.32 Å². The zero-order valence-corrected chi connectivity index (χ0v) is 25.7. The van der Waals surface area contributed by atoms with E-state index >= 15 is 0 Å². The Morgan fingerprint density at radius 2 is 2.00 bits per heavy atom. The van der Waals surface area contributed by atoms with Crippen molar-refractivity contribution >= 4 is 55.1 Å². The molecule has 0 radical (unpaired) electrons. The summed E-state index contributed by atoms with van der Waals surface area (Å²) in [7, 11) is -3.66. The topological polar surface area (TPSA) is 138 Å². The van der Waals surface area contributed by atoms with Gasteiger partial charge in [-0.05, 0) is 57.2 Å². The van der Waals surface area contributed by atoms with Gasteiger partial charge in [-0.25, -0.2) is 26.9 Å². The van der Waals surface area contributed by atoms with E-state index in [-0.39, 0.29) is 44.0 Å². The van der Waals surface area contributed by atoms with E-state index in [9.17, 15) is 27.5 Å². The minimum absolute atomic E-state index is 0.0895. The van der Waals surface area contributed by atoms with Crippen molar-refractivity contribution in [3.8, 4) is 0 Å². The molecule has 14 heteroatoms. The third kappa shape index (κ3) is 5.71. The van der Waals surface area contributed by atoms with Gasteiger partial charge in [0.05, 0.1) is 22.8 Å². The number of aliphatic imine (C=N–C) groups is 1. The number of carbonyl (C=O) groups is 2. The molecule has 0 bridgehead atoms. The van der Waals surface area contributed by atoms with Gasteiger partial charge in [0.1, 0.15) is 11.9 Å². The van der Waals surface area contributed by atoms with E-state index in [1.807, 2.05) is 5.38 Å². The maximum atomic E-state index is 14.0. The maximum absolute atomic E-state index is 14.0. The van der Waals surface area contributed by atoms with Gasteiger partial charge in [0.25, 0.3) is 0 Å². The number of nitrogens with one attached hydrogen (secondary N) is 1. The van der Waals surface area contributed by atoms with Crippen LogP contribution in [0.25, 0.3) is 0 Å². The molecule has 1 aromatic carbocycles. The van der Waals surface area contributed by atoms with Crippen LogP contribution in [0.15, 0.2) is 50.5 Å². The Kier molecular flexibility index (Phi) is 8.39. The van der Waals surface area contributed by atoms with Crippen molar-refractivity contribution in [2.45, 2.75) is 50.8 Å². The summed E-state index contributed by atoms with van der Waals surface area (Å²) in [6, 6.07) is 3.39. The highest BCUT2D eigenvalue weighted by molar-refractivity contribution is 9.10. The first-order valence-corrected chi connectivity index (χ1v) is 16.5. The van der Waals surface area contributed by atoms with Crippen molar-refractivity contribution in [1.29, 1.82) is 0 Å². The summed E-state index contributed by atoms with van der Waals surface area (Å²) in [4.78, 5) is 34.1. The highest BCUT2D eigenvalue weighted by Gasteiger charge is 2.53. The molecule has 1 saturated heterocycles. The summed E-state index contributed by atoms with van der Waals surface area (Å²) in [6.07, 6.45) is 2.68. The molecule has 1 saturated carbocycles. The van der Waals surface area contributed by atoms with Crippen LogP contribution in [0.2, 0.25) is 0 Å². The van der Waals surface area contributed by atoms with Crippen LogP contribution in [-0.2, 0) is 24.3 Å². The van der Waals surface area contributed by atoms with Crippen molar-refractivity contribution < 1.29 is 32.2 Å². The highest BCUT2D eigenvalue weighted by Crippen LogP contribution is 2.46. The van der Waals surface area contributed by atoms with Crippen molar-refractivity contribution in [2.75, 3.05) is 19.7 Å². The summed E-state index contributed by atoms with van der Waals surface area (Å²) in [5.41, 5.74) is 0.436. The lowest BCUT2D eigenvalue weighted by Gasteiger charge is -2.44. The van der Waals surface area contributed by atoms with Crippen LogP contribution in [0.4, 0.5) is 4.39 Å². The number of ether oxygens (including phenoxy) is 1. The molecular weight excluding hydrogens is 639 g/mol. The van der Waals surface area contributed by atoms with Gasteiger partial charge in [0.2, 0.25) is 10.0 Å². The Labute approximate surface area is 249 Å². The summed E-state index contributed by atoms with van der Waals surface area (Å²) in [5, 5.41) is 14.4. The number of piperidine rings is 1. The van der Waals surface area contributed by atoms with Crippen molar-refractivity contribution in [3.05, 3.63) is 61.9 Å². The fourth-order valence-electron chi connectivity index (χ4n) is 5.66. The number of nitrogens with zero attached hydrogens (tertiary/aromatic N) is 3. The number of amidine groups is 1. The molecule has 1 aromatic heterocycles. The first-order valence-electron chi connectivity index (χ1n) is 13.3. The molecule has 1 aliphatic carbocycles. The number of sulfonamides is 1. The van der Waals surface area contributed by atoms with E-state index in [4.69, 9.17) is 9.73 Å². The smallest absolute Gasteiger partial charge is 0.338 e. The number of thiazole rings is 1. The van der Waals surface area contributed by atoms with Crippen LogP contribution in [0.3, 0.4) is 0 Å². The van der Waals surface area contributed by atoms with Crippen LogP contribution in [-0.4, -0.2) is 65.5 Å². The summed E-state index contributed by atoms with van der Waals surface area (Å²) < 4.78 is 47.9. The maximum Gasteiger partial charge on any atom is 0.338 e. The second-order valence-corrected chi connectivity index (χ2v) is 14.6. The molecule has 2 N–H and O–H groups in total. The molecule has 10 nitrogen and oxygen atoms in total. The molecule has 2 aromatic rings. The number of halogens is 2. The number of aromatic nitrogens is 1. The predicted octanol–water partition coefficient (Wildman–Crippen LogP) is 4.25. The van der Waals surface area contributed by atoms with E-state index in [1.54, 1.807) is 26.1 Å². The molecular formula is C27H30BrFN4O6S2. The Morgan fingerprint density at radius 1 is 1.29 bits per heavy atom. The molecule has 0 amide bonds. The fourth-order valence-corrected chi connectivity index (χ4v) is 9.11. The quantitative estimate of drug-likeness (QED) is 0.398. The monoisotopic (exact) mass is 668 g/mol. The van der Waals surface area contributed by atoms with Gasteiger partial charge in [0, 0.05) is 40.8 Å². The Bertz CT molecular complexity index is 1510.